The minimum absolute atomic E-state index is 0.0777. The Hall–Kier alpha value is -1.78. The van der Waals surface area contributed by atoms with Crippen LogP contribution in [0.25, 0.3) is 0 Å². The van der Waals surface area contributed by atoms with Crippen molar-refractivity contribution in [3.63, 3.8) is 0 Å². The zero-order valence-electron chi connectivity index (χ0n) is 12.3. The van der Waals surface area contributed by atoms with E-state index in [9.17, 15) is 9.59 Å². The highest BCUT2D eigenvalue weighted by molar-refractivity contribution is 8.00. The molecule has 0 aliphatic rings. The van der Waals surface area contributed by atoms with Gasteiger partial charge in [-0.25, -0.2) is 0 Å². The maximum absolute atomic E-state index is 12.3. The number of nitrogens with one attached hydrogen (secondary N) is 1. The number of benzene rings is 2. The van der Waals surface area contributed by atoms with Crippen molar-refractivity contribution >= 4 is 40.7 Å². The molecule has 0 heterocycles. The Morgan fingerprint density at radius 2 is 1.86 bits per heavy atom. The van der Waals surface area contributed by atoms with Crippen LogP contribution in [0.3, 0.4) is 0 Å². The Bertz CT molecular complexity index is 703. The number of para-hydroxylation sites is 1. The van der Waals surface area contributed by atoms with Crippen LogP contribution in [0.1, 0.15) is 24.2 Å². The van der Waals surface area contributed by atoms with Crippen molar-refractivity contribution in [1.29, 1.82) is 0 Å². The predicted molar refractivity (Wildman–Crippen MR) is 91.8 cm³/mol. The SMILES string of the molecule is CC(=O)c1ccccc1NC(=O)C(C)Sc1cccc(Cl)c1. The molecule has 2 aromatic rings. The van der Waals surface area contributed by atoms with Gasteiger partial charge in [0.1, 0.15) is 0 Å². The minimum atomic E-state index is -0.307. The van der Waals surface area contributed by atoms with Crippen LogP contribution in [-0.2, 0) is 4.79 Å². The van der Waals surface area contributed by atoms with Crippen molar-refractivity contribution in [3.8, 4) is 0 Å². The lowest BCUT2D eigenvalue weighted by Gasteiger charge is -2.14. The Labute approximate surface area is 139 Å². The number of anilines is 1. The number of carbonyl (C=O) groups is 2. The van der Waals surface area contributed by atoms with E-state index in [0.717, 1.165) is 4.90 Å². The monoisotopic (exact) mass is 333 g/mol. The second kappa shape index (κ2) is 7.47. The van der Waals surface area contributed by atoms with Crippen LogP contribution >= 0.6 is 23.4 Å². The molecule has 0 bridgehead atoms. The van der Waals surface area contributed by atoms with Crippen molar-refractivity contribution in [1.82, 2.24) is 0 Å². The molecule has 1 atom stereocenters. The molecule has 5 heteroatoms. The Morgan fingerprint density at radius 1 is 1.14 bits per heavy atom. The molecule has 0 fully saturated rings. The number of thioether (sulfide) groups is 1. The van der Waals surface area contributed by atoms with Gasteiger partial charge in [-0.15, -0.1) is 11.8 Å². The van der Waals surface area contributed by atoms with E-state index >= 15 is 0 Å². The summed E-state index contributed by atoms with van der Waals surface area (Å²) in [6, 6.07) is 14.4. The molecule has 1 unspecified atom stereocenters. The van der Waals surface area contributed by atoms with Gasteiger partial charge in [0.25, 0.3) is 0 Å². The highest BCUT2D eigenvalue weighted by Crippen LogP contribution is 2.27. The first-order valence-corrected chi connectivity index (χ1v) is 8.06. The molecule has 2 aromatic carbocycles. The molecule has 0 saturated heterocycles. The smallest absolute Gasteiger partial charge is 0.237 e. The van der Waals surface area contributed by atoms with Gasteiger partial charge in [0.15, 0.2) is 5.78 Å². The predicted octanol–water partition coefficient (Wildman–Crippen LogP) is 4.66. The summed E-state index contributed by atoms with van der Waals surface area (Å²) in [4.78, 5) is 24.8. The topological polar surface area (TPSA) is 46.2 Å². The van der Waals surface area contributed by atoms with Crippen LogP contribution in [-0.4, -0.2) is 16.9 Å². The fourth-order valence-electron chi connectivity index (χ4n) is 1.93. The average Bonchev–Trinajstić information content (AvgIpc) is 2.47. The average molecular weight is 334 g/mol. The normalized spacial score (nSPS) is 11.8. The summed E-state index contributed by atoms with van der Waals surface area (Å²) in [7, 11) is 0. The number of carbonyl (C=O) groups excluding carboxylic acids is 2. The van der Waals surface area contributed by atoms with Gasteiger partial charge in [-0.3, -0.25) is 9.59 Å². The van der Waals surface area contributed by atoms with Crippen LogP contribution in [0.2, 0.25) is 5.02 Å². The highest BCUT2D eigenvalue weighted by atomic mass is 35.5. The maximum Gasteiger partial charge on any atom is 0.237 e. The molecule has 1 amide bonds. The number of Topliss-reactive ketones (excluding diaryl/α,β-unsaturated/α-hetero) is 1. The first kappa shape index (κ1) is 16.6. The highest BCUT2D eigenvalue weighted by Gasteiger charge is 2.17. The number of rotatable bonds is 5. The van der Waals surface area contributed by atoms with Crippen LogP contribution in [0.4, 0.5) is 5.69 Å². The van der Waals surface area contributed by atoms with Crippen molar-refractivity contribution in [2.24, 2.45) is 0 Å². The third kappa shape index (κ3) is 4.36. The molecule has 0 aromatic heterocycles. The Balaban J connectivity index is 2.07. The van der Waals surface area contributed by atoms with Gasteiger partial charge in [-0.05, 0) is 44.2 Å². The van der Waals surface area contributed by atoms with E-state index in [4.69, 9.17) is 11.6 Å². The van der Waals surface area contributed by atoms with E-state index in [1.165, 1.54) is 18.7 Å². The number of hydrogen-bond acceptors (Lipinski definition) is 3. The van der Waals surface area contributed by atoms with Gasteiger partial charge < -0.3 is 5.32 Å². The second-order valence-electron chi connectivity index (χ2n) is 4.81. The van der Waals surface area contributed by atoms with E-state index in [1.807, 2.05) is 25.1 Å². The summed E-state index contributed by atoms with van der Waals surface area (Å²) < 4.78 is 0. The quantitative estimate of drug-likeness (QED) is 0.639. The summed E-state index contributed by atoms with van der Waals surface area (Å²) in [5.41, 5.74) is 1.05. The lowest BCUT2D eigenvalue weighted by molar-refractivity contribution is -0.115. The summed E-state index contributed by atoms with van der Waals surface area (Å²) >= 11 is 7.36. The van der Waals surface area contributed by atoms with E-state index in [0.29, 0.717) is 16.3 Å². The number of amides is 1. The molecule has 0 radical (unpaired) electrons. The zero-order chi connectivity index (χ0) is 16.1. The fourth-order valence-corrected chi connectivity index (χ4v) is 3.11. The van der Waals surface area contributed by atoms with Crippen molar-refractivity contribution in [2.45, 2.75) is 24.0 Å². The second-order valence-corrected chi connectivity index (χ2v) is 6.66. The third-order valence-corrected chi connectivity index (χ3v) is 4.37. The van der Waals surface area contributed by atoms with Crippen LogP contribution < -0.4 is 5.32 Å². The standard InChI is InChI=1S/C17H16ClNO2S/c1-11(20)15-8-3-4-9-16(15)19-17(21)12(2)22-14-7-5-6-13(18)10-14/h3-10,12H,1-2H3,(H,19,21). The Morgan fingerprint density at radius 3 is 2.55 bits per heavy atom. The summed E-state index contributed by atoms with van der Waals surface area (Å²) in [5.74, 6) is -0.232. The van der Waals surface area contributed by atoms with Gasteiger partial charge in [0.05, 0.1) is 10.9 Å². The molecule has 0 aliphatic heterocycles. The molecule has 0 aliphatic carbocycles. The maximum atomic E-state index is 12.3. The largest absolute Gasteiger partial charge is 0.324 e. The molecule has 114 valence electrons. The molecule has 22 heavy (non-hydrogen) atoms. The number of ketones is 1. The number of hydrogen-bond donors (Lipinski definition) is 1. The van der Waals surface area contributed by atoms with Crippen molar-refractivity contribution < 1.29 is 9.59 Å². The first-order chi connectivity index (χ1) is 10.5. The molecule has 3 nitrogen and oxygen atoms in total. The van der Waals surface area contributed by atoms with Gasteiger partial charge in [0, 0.05) is 15.5 Å². The minimum Gasteiger partial charge on any atom is -0.324 e. The zero-order valence-corrected chi connectivity index (χ0v) is 13.9. The Kier molecular flexibility index (Phi) is 5.63. The van der Waals surface area contributed by atoms with E-state index in [1.54, 1.807) is 30.3 Å². The van der Waals surface area contributed by atoms with Gasteiger partial charge in [-0.1, -0.05) is 29.8 Å². The summed E-state index contributed by atoms with van der Waals surface area (Å²) in [6.07, 6.45) is 0. The van der Waals surface area contributed by atoms with Crippen LogP contribution in [0.5, 0.6) is 0 Å². The van der Waals surface area contributed by atoms with E-state index in [-0.39, 0.29) is 16.9 Å². The molecular formula is C17H16ClNO2S. The number of halogens is 1. The molecular weight excluding hydrogens is 318 g/mol. The molecule has 1 N–H and O–H groups in total. The van der Waals surface area contributed by atoms with Gasteiger partial charge >= 0.3 is 0 Å². The summed E-state index contributed by atoms with van der Waals surface area (Å²) in [6.45, 7) is 3.30. The molecule has 0 spiro atoms. The third-order valence-electron chi connectivity index (χ3n) is 3.04. The van der Waals surface area contributed by atoms with E-state index in [2.05, 4.69) is 5.32 Å². The van der Waals surface area contributed by atoms with Crippen LogP contribution in [0.15, 0.2) is 53.4 Å². The van der Waals surface area contributed by atoms with E-state index < -0.39 is 0 Å². The fraction of sp³-hybridized carbons (Fsp3) is 0.176. The van der Waals surface area contributed by atoms with Crippen molar-refractivity contribution in [3.05, 3.63) is 59.1 Å². The van der Waals surface area contributed by atoms with Gasteiger partial charge in [0.2, 0.25) is 5.91 Å². The van der Waals surface area contributed by atoms with Crippen molar-refractivity contribution in [2.75, 3.05) is 5.32 Å². The lowest BCUT2D eigenvalue weighted by atomic mass is 10.1. The first-order valence-electron chi connectivity index (χ1n) is 6.80. The molecule has 0 saturated carbocycles. The van der Waals surface area contributed by atoms with Crippen LogP contribution in [0, 0.1) is 0 Å². The summed E-state index contributed by atoms with van der Waals surface area (Å²) in [5, 5.41) is 3.14. The van der Waals surface area contributed by atoms with Gasteiger partial charge in [-0.2, -0.15) is 0 Å². The molecule has 2 rings (SSSR count). The lowest BCUT2D eigenvalue weighted by Crippen LogP contribution is -2.23.